The lowest BCUT2D eigenvalue weighted by Crippen LogP contribution is -2.56. The van der Waals surface area contributed by atoms with E-state index in [1.54, 1.807) is 0 Å². The van der Waals surface area contributed by atoms with Gasteiger partial charge in [-0.3, -0.25) is 9.80 Å². The van der Waals surface area contributed by atoms with Crippen LogP contribution in [0.15, 0.2) is 0 Å². The van der Waals surface area contributed by atoms with Crippen LogP contribution in [0, 0.1) is 10.8 Å². The van der Waals surface area contributed by atoms with Gasteiger partial charge in [0, 0.05) is 75.4 Å². The normalized spacial score (nSPS) is 37.6. The zero-order valence-corrected chi connectivity index (χ0v) is 33.3. The van der Waals surface area contributed by atoms with Crippen molar-refractivity contribution < 1.29 is 42.4 Å². The third-order valence-electron chi connectivity index (χ3n) is 14.8. The van der Waals surface area contributed by atoms with E-state index in [9.17, 15) is 33.0 Å². The molecule has 3 atom stereocenters. The predicted molar refractivity (Wildman–Crippen MR) is 201 cm³/mol. The SMILES string of the molecule is CCOC(=O)N1CCC2(CC(N3CCC(N4CC(F)(F)C[C@@H]4CO)CC3)C2)C1.CCOC(=O)N1CCC2(CC(N3CCC(N4C[C@H](F)C[C@@H]4CO)CC3)C2)C1. The zero-order chi connectivity index (χ0) is 39.0. The molecular weight excluding hydrogens is 717 g/mol. The van der Waals surface area contributed by atoms with Gasteiger partial charge in [-0.2, -0.15) is 0 Å². The number of amides is 2. The summed E-state index contributed by atoms with van der Waals surface area (Å²) in [5, 5.41) is 19.0. The summed E-state index contributed by atoms with van der Waals surface area (Å²) in [4.78, 5) is 36.8. The van der Waals surface area contributed by atoms with E-state index < -0.39 is 18.1 Å². The monoisotopic (exact) mass is 785 g/mol. The minimum absolute atomic E-state index is 0.0101. The second-order valence-electron chi connectivity index (χ2n) is 18.3. The quantitative estimate of drug-likeness (QED) is 0.375. The van der Waals surface area contributed by atoms with Gasteiger partial charge in [0.15, 0.2) is 0 Å². The first-order chi connectivity index (χ1) is 26.4. The van der Waals surface area contributed by atoms with Crippen LogP contribution >= 0.6 is 0 Å². The molecule has 55 heavy (non-hydrogen) atoms. The van der Waals surface area contributed by atoms with Crippen LogP contribution in [-0.4, -0.2) is 192 Å². The summed E-state index contributed by atoms with van der Waals surface area (Å²) < 4.78 is 51.5. The van der Waals surface area contributed by atoms with Gasteiger partial charge in [0.05, 0.1) is 33.0 Å². The Kier molecular flexibility index (Phi) is 12.8. The molecule has 314 valence electrons. The van der Waals surface area contributed by atoms with Gasteiger partial charge in [0.1, 0.15) is 6.17 Å². The standard InChI is InChI=1S/C20H33F2N3O3.C20H34FN3O3/c1-2-28-18(27)24-8-5-19(13-24)9-16(10-19)23-6-3-15(4-7-23)25-14-20(21,22)11-17(25)12-26;1-2-27-19(26)23-8-5-20(14-23)10-18(11-20)22-6-3-16(4-7-22)24-12-15(21)9-17(24)13-25/h15-17,26H,2-14H2,1H3;15-18,25H,2-14H2,1H3/t16?,17-,19?;15-,17-,18?,20?/m11/s1. The molecule has 6 saturated heterocycles. The summed E-state index contributed by atoms with van der Waals surface area (Å²) in [6.07, 6.45) is 9.83. The fourth-order valence-corrected chi connectivity index (χ4v) is 11.9. The van der Waals surface area contributed by atoms with E-state index in [1.165, 1.54) is 12.8 Å². The fraction of sp³-hybridized carbons (Fsp3) is 0.950. The van der Waals surface area contributed by atoms with Crippen LogP contribution in [0.3, 0.4) is 0 Å². The maximum atomic E-state index is 13.8. The Morgan fingerprint density at radius 2 is 1.09 bits per heavy atom. The lowest BCUT2D eigenvalue weighted by Gasteiger charge is -2.52. The van der Waals surface area contributed by atoms with Crippen molar-refractivity contribution in [2.45, 2.75) is 139 Å². The summed E-state index contributed by atoms with van der Waals surface area (Å²) in [5.41, 5.74) is 0.569. The molecule has 6 aliphatic heterocycles. The van der Waals surface area contributed by atoms with E-state index in [2.05, 4.69) is 14.7 Å². The summed E-state index contributed by atoms with van der Waals surface area (Å²) in [6.45, 7) is 12.0. The lowest BCUT2D eigenvalue weighted by atomic mass is 9.64. The molecule has 2 spiro atoms. The highest BCUT2D eigenvalue weighted by Gasteiger charge is 2.54. The topological polar surface area (TPSA) is 112 Å². The van der Waals surface area contributed by atoms with Crippen molar-refractivity contribution >= 4 is 12.2 Å². The number of likely N-dealkylation sites (tertiary alicyclic amines) is 6. The number of halogens is 3. The van der Waals surface area contributed by atoms with Crippen molar-refractivity contribution in [3.05, 3.63) is 0 Å². The van der Waals surface area contributed by atoms with E-state index in [-0.39, 0.29) is 55.9 Å². The predicted octanol–water partition coefficient (Wildman–Crippen LogP) is 4.03. The number of nitrogens with zero attached hydrogens (tertiary/aromatic N) is 6. The highest BCUT2D eigenvalue weighted by atomic mass is 19.3. The average Bonchev–Trinajstić information content (AvgIpc) is 3.95. The smallest absolute Gasteiger partial charge is 0.409 e. The molecule has 8 fully saturated rings. The Hall–Kier alpha value is -1.91. The van der Waals surface area contributed by atoms with Gasteiger partial charge in [-0.15, -0.1) is 0 Å². The fourth-order valence-electron chi connectivity index (χ4n) is 11.9. The molecule has 8 rings (SSSR count). The first-order valence-electron chi connectivity index (χ1n) is 21.4. The van der Waals surface area contributed by atoms with Gasteiger partial charge < -0.3 is 39.3 Å². The Labute approximate surface area is 325 Å². The number of hydrogen-bond acceptors (Lipinski definition) is 10. The summed E-state index contributed by atoms with van der Waals surface area (Å²) in [5.74, 6) is -2.67. The maximum absolute atomic E-state index is 13.8. The number of carbonyl (C=O) groups is 2. The van der Waals surface area contributed by atoms with E-state index >= 15 is 0 Å². The second kappa shape index (κ2) is 17.1. The molecule has 0 aromatic rings. The molecule has 8 aliphatic rings. The number of aliphatic hydroxyl groups is 2. The number of alkyl halides is 3. The summed E-state index contributed by atoms with van der Waals surface area (Å²) in [6, 6.07) is 1.37. The molecule has 2 N–H and O–H groups in total. The number of piperidine rings is 2. The largest absolute Gasteiger partial charge is 0.450 e. The molecule has 0 aromatic heterocycles. The van der Waals surface area contributed by atoms with Crippen LogP contribution in [0.2, 0.25) is 0 Å². The molecule has 15 heteroatoms. The first-order valence-corrected chi connectivity index (χ1v) is 21.4. The first kappa shape index (κ1) is 41.3. The van der Waals surface area contributed by atoms with Crippen molar-refractivity contribution in [2.24, 2.45) is 10.8 Å². The number of hydrogen-bond donors (Lipinski definition) is 2. The van der Waals surface area contributed by atoms with E-state index in [0.29, 0.717) is 49.7 Å². The maximum Gasteiger partial charge on any atom is 0.409 e. The molecule has 2 saturated carbocycles. The Bertz CT molecular complexity index is 1310. The van der Waals surface area contributed by atoms with Crippen LogP contribution in [0.5, 0.6) is 0 Å². The molecule has 0 radical (unpaired) electrons. The van der Waals surface area contributed by atoms with Crippen molar-refractivity contribution in [3.8, 4) is 0 Å². The van der Waals surface area contributed by atoms with Gasteiger partial charge in [-0.25, -0.2) is 22.8 Å². The third-order valence-corrected chi connectivity index (χ3v) is 14.8. The zero-order valence-electron chi connectivity index (χ0n) is 33.3. The Balaban J connectivity index is 0.000000169. The van der Waals surface area contributed by atoms with Crippen molar-refractivity contribution in [1.82, 2.24) is 29.4 Å². The lowest BCUT2D eigenvalue weighted by molar-refractivity contribution is -0.0258. The Morgan fingerprint density at radius 3 is 1.53 bits per heavy atom. The van der Waals surface area contributed by atoms with Gasteiger partial charge in [0.2, 0.25) is 0 Å². The summed E-state index contributed by atoms with van der Waals surface area (Å²) >= 11 is 0. The minimum Gasteiger partial charge on any atom is -0.450 e. The molecular formula is C40H67F3N6O6. The Morgan fingerprint density at radius 1 is 0.636 bits per heavy atom. The molecule has 6 heterocycles. The highest BCUT2D eigenvalue weighted by Crippen LogP contribution is 2.52. The molecule has 0 bridgehead atoms. The van der Waals surface area contributed by atoms with Gasteiger partial charge >= 0.3 is 12.2 Å². The second-order valence-corrected chi connectivity index (χ2v) is 18.3. The van der Waals surface area contributed by atoms with Crippen molar-refractivity contribution in [2.75, 3.05) is 91.9 Å². The van der Waals surface area contributed by atoms with Crippen molar-refractivity contribution in [3.63, 3.8) is 0 Å². The van der Waals surface area contributed by atoms with Crippen LogP contribution < -0.4 is 0 Å². The molecule has 0 unspecified atom stereocenters. The van der Waals surface area contributed by atoms with Crippen LogP contribution in [0.1, 0.15) is 90.9 Å². The number of carbonyl (C=O) groups excluding carboxylic acids is 2. The van der Waals surface area contributed by atoms with Gasteiger partial charge in [0.25, 0.3) is 5.92 Å². The third kappa shape index (κ3) is 9.06. The summed E-state index contributed by atoms with van der Waals surface area (Å²) in [7, 11) is 0. The van der Waals surface area contributed by atoms with E-state index in [0.717, 1.165) is 104 Å². The number of aliphatic hydroxyl groups excluding tert-OH is 2. The van der Waals surface area contributed by atoms with Gasteiger partial charge in [-0.05, 0) is 121 Å². The van der Waals surface area contributed by atoms with E-state index in [1.807, 2.05) is 28.5 Å². The average molecular weight is 785 g/mol. The van der Waals surface area contributed by atoms with Gasteiger partial charge in [-0.1, -0.05) is 0 Å². The molecule has 0 aromatic carbocycles. The van der Waals surface area contributed by atoms with E-state index in [4.69, 9.17) is 9.47 Å². The van der Waals surface area contributed by atoms with Crippen LogP contribution in [0.4, 0.5) is 22.8 Å². The number of rotatable bonds is 8. The molecule has 2 aliphatic carbocycles. The van der Waals surface area contributed by atoms with Crippen LogP contribution in [0.25, 0.3) is 0 Å². The number of ether oxygens (including phenoxy) is 2. The minimum atomic E-state index is -2.67. The molecule has 2 amide bonds. The van der Waals surface area contributed by atoms with Crippen LogP contribution in [-0.2, 0) is 9.47 Å². The molecule has 12 nitrogen and oxygen atoms in total. The highest BCUT2D eigenvalue weighted by molar-refractivity contribution is 5.68. The van der Waals surface area contributed by atoms with Crippen molar-refractivity contribution in [1.29, 1.82) is 0 Å².